The van der Waals surface area contributed by atoms with Crippen LogP contribution in [0.25, 0.3) is 0 Å². The second-order valence-electron chi connectivity index (χ2n) is 7.28. The first-order valence-electron chi connectivity index (χ1n) is 8.94. The molecule has 2 aromatic carbocycles. The molecule has 0 aliphatic carbocycles. The predicted molar refractivity (Wildman–Crippen MR) is 105 cm³/mol. The summed E-state index contributed by atoms with van der Waals surface area (Å²) in [6.07, 6.45) is 1.86. The van der Waals surface area contributed by atoms with Crippen LogP contribution in [0.5, 0.6) is 0 Å². The minimum atomic E-state index is 0.125. The van der Waals surface area contributed by atoms with Crippen molar-refractivity contribution in [3.05, 3.63) is 70.8 Å². The lowest BCUT2D eigenvalue weighted by Gasteiger charge is -2.07. The molecule has 0 aliphatic heterocycles. The molecule has 2 rings (SSSR count). The van der Waals surface area contributed by atoms with Crippen LogP contribution in [0.3, 0.4) is 0 Å². The Morgan fingerprint density at radius 1 is 0.750 bits per heavy atom. The third-order valence-electron chi connectivity index (χ3n) is 4.18. The van der Waals surface area contributed by atoms with E-state index in [4.69, 9.17) is 0 Å². The number of rotatable bonds is 5. The average molecular weight is 325 g/mol. The van der Waals surface area contributed by atoms with Crippen LogP contribution in [0.2, 0.25) is 0 Å². The molecule has 24 heavy (non-hydrogen) atoms. The Bertz CT molecular complexity index is 591. The smallest absolute Gasteiger partial charge is 0.123 e. The molecule has 1 heteroatoms. The summed E-state index contributed by atoms with van der Waals surface area (Å²) in [7, 11) is 0. The highest BCUT2D eigenvalue weighted by atomic mass is 16.1. The zero-order valence-corrected chi connectivity index (χ0v) is 16.0. The maximum Gasteiger partial charge on any atom is 0.123 e. The Morgan fingerprint density at radius 3 is 1.54 bits per heavy atom. The topological polar surface area (TPSA) is 17.1 Å². The predicted octanol–water partition coefficient (Wildman–Crippen LogP) is 6.31. The number of carbonyl (C=O) groups excluding carboxylic acids is 1. The highest BCUT2D eigenvalue weighted by Gasteiger charge is 2.03. The molecule has 0 saturated heterocycles. The van der Waals surface area contributed by atoms with Gasteiger partial charge in [-0.25, -0.2) is 0 Å². The third kappa shape index (κ3) is 7.12. The number of aldehydes is 1. The summed E-state index contributed by atoms with van der Waals surface area (Å²) < 4.78 is 0. The van der Waals surface area contributed by atoms with Crippen LogP contribution < -0.4 is 0 Å². The minimum absolute atomic E-state index is 0.125. The molecule has 0 saturated carbocycles. The van der Waals surface area contributed by atoms with Crippen molar-refractivity contribution in [1.29, 1.82) is 0 Å². The standard InChI is InChI=1S/C13H18O.C10H14/c1-10(2)13-6-4-12(5-7-13)8-11(3)9-14;1-8(2)10-6-4-9(3)5-7-10/h4-7,9-11H,8H2,1-3H3;4-8H,1-3H3. The average Bonchev–Trinajstić information content (AvgIpc) is 2.56. The number of hydrogen-bond acceptors (Lipinski definition) is 1. The zero-order chi connectivity index (χ0) is 18.1. The van der Waals surface area contributed by atoms with Gasteiger partial charge >= 0.3 is 0 Å². The van der Waals surface area contributed by atoms with Crippen LogP contribution >= 0.6 is 0 Å². The number of benzene rings is 2. The summed E-state index contributed by atoms with van der Waals surface area (Å²) in [5, 5.41) is 0. The summed E-state index contributed by atoms with van der Waals surface area (Å²) in [5.74, 6) is 1.35. The molecule has 0 aromatic heterocycles. The second kappa shape index (κ2) is 10.1. The highest BCUT2D eigenvalue weighted by molar-refractivity contribution is 5.53. The van der Waals surface area contributed by atoms with E-state index in [9.17, 15) is 4.79 Å². The molecule has 0 radical (unpaired) electrons. The lowest BCUT2D eigenvalue weighted by molar-refractivity contribution is -0.110. The first kappa shape index (κ1) is 20.2. The Labute approximate surface area is 148 Å². The third-order valence-corrected chi connectivity index (χ3v) is 4.18. The van der Waals surface area contributed by atoms with Gasteiger partial charge in [0.25, 0.3) is 0 Å². The summed E-state index contributed by atoms with van der Waals surface area (Å²) in [6, 6.07) is 17.3. The lowest BCUT2D eigenvalue weighted by atomic mass is 9.98. The largest absolute Gasteiger partial charge is 0.303 e. The zero-order valence-electron chi connectivity index (χ0n) is 16.0. The van der Waals surface area contributed by atoms with Gasteiger partial charge in [-0.15, -0.1) is 0 Å². The molecular formula is C23H32O. The second-order valence-corrected chi connectivity index (χ2v) is 7.28. The van der Waals surface area contributed by atoms with E-state index >= 15 is 0 Å². The van der Waals surface area contributed by atoms with E-state index in [2.05, 4.69) is 83.1 Å². The maximum atomic E-state index is 10.5. The highest BCUT2D eigenvalue weighted by Crippen LogP contribution is 2.16. The molecule has 1 atom stereocenters. The Hall–Kier alpha value is -1.89. The van der Waals surface area contributed by atoms with E-state index in [1.54, 1.807) is 0 Å². The molecule has 0 bridgehead atoms. The normalized spacial score (nSPS) is 11.8. The van der Waals surface area contributed by atoms with Gasteiger partial charge in [0.1, 0.15) is 6.29 Å². The van der Waals surface area contributed by atoms with Crippen LogP contribution in [0.15, 0.2) is 48.5 Å². The van der Waals surface area contributed by atoms with Crippen molar-refractivity contribution in [1.82, 2.24) is 0 Å². The van der Waals surface area contributed by atoms with Gasteiger partial charge in [0.15, 0.2) is 0 Å². The minimum Gasteiger partial charge on any atom is -0.303 e. The van der Waals surface area contributed by atoms with Gasteiger partial charge in [0.2, 0.25) is 0 Å². The molecule has 130 valence electrons. The summed E-state index contributed by atoms with van der Waals surface area (Å²) in [6.45, 7) is 12.9. The van der Waals surface area contributed by atoms with Crippen LogP contribution in [0.1, 0.15) is 68.7 Å². The van der Waals surface area contributed by atoms with Crippen molar-refractivity contribution < 1.29 is 4.79 Å². The molecule has 0 fully saturated rings. The number of carbonyl (C=O) groups is 1. The molecule has 0 spiro atoms. The summed E-state index contributed by atoms with van der Waals surface area (Å²) in [5.41, 5.74) is 5.36. The van der Waals surface area contributed by atoms with E-state index in [1.165, 1.54) is 22.3 Å². The fourth-order valence-electron chi connectivity index (χ4n) is 2.41. The molecule has 1 nitrogen and oxygen atoms in total. The van der Waals surface area contributed by atoms with Crippen LogP contribution in [0.4, 0.5) is 0 Å². The monoisotopic (exact) mass is 324 g/mol. The van der Waals surface area contributed by atoms with Crippen molar-refractivity contribution in [3.8, 4) is 0 Å². The van der Waals surface area contributed by atoms with Gasteiger partial charge < -0.3 is 4.79 Å². The van der Waals surface area contributed by atoms with Crippen LogP contribution in [0, 0.1) is 12.8 Å². The molecule has 1 unspecified atom stereocenters. The first-order valence-corrected chi connectivity index (χ1v) is 8.94. The number of aryl methyl sites for hydroxylation is 1. The fourth-order valence-corrected chi connectivity index (χ4v) is 2.41. The van der Waals surface area contributed by atoms with Gasteiger partial charge in [-0.05, 0) is 41.9 Å². The fraction of sp³-hybridized carbons (Fsp3) is 0.435. The van der Waals surface area contributed by atoms with Gasteiger partial charge in [0.05, 0.1) is 0 Å². The molecule has 0 aliphatic rings. The first-order chi connectivity index (χ1) is 11.3. The Morgan fingerprint density at radius 2 is 1.17 bits per heavy atom. The summed E-state index contributed by atoms with van der Waals surface area (Å²) >= 11 is 0. The Balaban J connectivity index is 0.000000254. The van der Waals surface area contributed by atoms with Crippen molar-refractivity contribution >= 4 is 6.29 Å². The SMILES string of the molecule is CC(C=O)Cc1ccc(C(C)C)cc1.Cc1ccc(C(C)C)cc1. The Kier molecular flexibility index (Phi) is 8.46. The van der Waals surface area contributed by atoms with E-state index in [1.807, 2.05) is 6.92 Å². The van der Waals surface area contributed by atoms with Gasteiger partial charge in [-0.1, -0.05) is 88.7 Å². The quantitative estimate of drug-likeness (QED) is 0.589. The van der Waals surface area contributed by atoms with E-state index < -0.39 is 0 Å². The van der Waals surface area contributed by atoms with Crippen molar-refractivity contribution in [2.75, 3.05) is 0 Å². The van der Waals surface area contributed by atoms with Gasteiger partial charge in [-0.3, -0.25) is 0 Å². The molecule has 0 heterocycles. The lowest BCUT2D eigenvalue weighted by Crippen LogP contribution is -2.00. The maximum absolute atomic E-state index is 10.5. The van der Waals surface area contributed by atoms with E-state index in [0.29, 0.717) is 11.8 Å². The summed E-state index contributed by atoms with van der Waals surface area (Å²) in [4.78, 5) is 10.5. The van der Waals surface area contributed by atoms with Crippen molar-refractivity contribution in [2.45, 2.75) is 59.8 Å². The van der Waals surface area contributed by atoms with E-state index in [-0.39, 0.29) is 5.92 Å². The molecular weight excluding hydrogens is 292 g/mol. The molecule has 0 amide bonds. The molecule has 2 aromatic rings. The van der Waals surface area contributed by atoms with Gasteiger partial charge in [-0.2, -0.15) is 0 Å². The van der Waals surface area contributed by atoms with Crippen LogP contribution in [-0.2, 0) is 11.2 Å². The van der Waals surface area contributed by atoms with Crippen molar-refractivity contribution in [2.24, 2.45) is 5.92 Å². The number of hydrogen-bond donors (Lipinski definition) is 0. The molecule has 0 N–H and O–H groups in total. The van der Waals surface area contributed by atoms with Gasteiger partial charge in [0, 0.05) is 5.92 Å². The van der Waals surface area contributed by atoms with Crippen molar-refractivity contribution in [3.63, 3.8) is 0 Å². The van der Waals surface area contributed by atoms with E-state index in [0.717, 1.165) is 12.7 Å². The van der Waals surface area contributed by atoms with Crippen LogP contribution in [-0.4, -0.2) is 6.29 Å².